The zero-order valence-electron chi connectivity index (χ0n) is 10.8. The summed E-state index contributed by atoms with van der Waals surface area (Å²) >= 11 is 0. The molecule has 0 spiro atoms. The summed E-state index contributed by atoms with van der Waals surface area (Å²) in [4.78, 5) is 7.88. The molecule has 0 aliphatic heterocycles. The molecule has 1 heterocycles. The number of H-pyrrole nitrogens is 1. The molecule has 0 saturated carbocycles. The van der Waals surface area contributed by atoms with E-state index in [-0.39, 0.29) is 12.6 Å². The topological polar surface area (TPSA) is 60.9 Å². The summed E-state index contributed by atoms with van der Waals surface area (Å²) in [5.41, 5.74) is 2.15. The fraction of sp³-hybridized carbons (Fsp3) is 0.500. The highest BCUT2D eigenvalue weighted by Crippen LogP contribution is 2.11. The lowest BCUT2D eigenvalue weighted by molar-refractivity contribution is 0.251. The summed E-state index contributed by atoms with van der Waals surface area (Å²) in [5, 5.41) is 12.1. The molecule has 2 rings (SSSR count). The molecule has 0 fully saturated rings. The number of para-hydroxylation sites is 2. The minimum Gasteiger partial charge on any atom is -0.395 e. The van der Waals surface area contributed by atoms with Gasteiger partial charge in [0.15, 0.2) is 0 Å². The Morgan fingerprint density at radius 1 is 1.33 bits per heavy atom. The number of hydrogen-bond acceptors (Lipinski definition) is 3. The van der Waals surface area contributed by atoms with Crippen molar-refractivity contribution in [3.8, 4) is 0 Å². The van der Waals surface area contributed by atoms with Crippen LogP contribution in [0.1, 0.15) is 25.6 Å². The molecule has 1 aromatic carbocycles. The van der Waals surface area contributed by atoms with Crippen molar-refractivity contribution in [3.05, 3.63) is 30.1 Å². The van der Waals surface area contributed by atoms with Crippen molar-refractivity contribution in [2.24, 2.45) is 0 Å². The lowest BCUT2D eigenvalue weighted by Crippen LogP contribution is -2.30. The van der Waals surface area contributed by atoms with Crippen molar-refractivity contribution in [2.45, 2.75) is 32.2 Å². The third kappa shape index (κ3) is 3.55. The van der Waals surface area contributed by atoms with E-state index in [1.165, 1.54) is 0 Å². The van der Waals surface area contributed by atoms with Crippen LogP contribution in [0.5, 0.6) is 0 Å². The maximum Gasteiger partial charge on any atom is 0.107 e. The first kappa shape index (κ1) is 13.1. The van der Waals surface area contributed by atoms with Gasteiger partial charge in [-0.1, -0.05) is 12.1 Å². The van der Waals surface area contributed by atoms with Gasteiger partial charge in [0.1, 0.15) is 5.82 Å². The number of rotatable bonds is 7. The largest absolute Gasteiger partial charge is 0.395 e. The number of aliphatic hydroxyl groups excluding tert-OH is 1. The van der Waals surface area contributed by atoms with Crippen LogP contribution in [0.2, 0.25) is 0 Å². The van der Waals surface area contributed by atoms with Crippen molar-refractivity contribution in [3.63, 3.8) is 0 Å². The maximum atomic E-state index is 8.87. The van der Waals surface area contributed by atoms with Crippen LogP contribution < -0.4 is 5.32 Å². The van der Waals surface area contributed by atoms with E-state index in [9.17, 15) is 0 Å². The number of aliphatic hydroxyl groups is 1. The van der Waals surface area contributed by atoms with Gasteiger partial charge in [0.25, 0.3) is 0 Å². The van der Waals surface area contributed by atoms with Crippen LogP contribution in [0, 0.1) is 0 Å². The molecule has 98 valence electrons. The molecule has 0 amide bonds. The molecule has 4 nitrogen and oxygen atoms in total. The maximum absolute atomic E-state index is 8.87. The van der Waals surface area contributed by atoms with Crippen LogP contribution in [0.3, 0.4) is 0 Å². The van der Waals surface area contributed by atoms with E-state index < -0.39 is 0 Å². The Labute approximate surface area is 107 Å². The van der Waals surface area contributed by atoms with Gasteiger partial charge in [-0.15, -0.1) is 0 Å². The van der Waals surface area contributed by atoms with Crippen molar-refractivity contribution < 1.29 is 5.11 Å². The van der Waals surface area contributed by atoms with Crippen LogP contribution in [-0.4, -0.2) is 34.3 Å². The fourth-order valence-corrected chi connectivity index (χ4v) is 1.95. The minimum absolute atomic E-state index is 0.191. The first-order valence-corrected chi connectivity index (χ1v) is 6.57. The molecule has 0 aliphatic carbocycles. The Morgan fingerprint density at radius 3 is 2.94 bits per heavy atom. The summed E-state index contributed by atoms with van der Waals surface area (Å²) in [7, 11) is 0. The number of unbranched alkanes of at least 4 members (excludes halogenated alkanes) is 1. The molecular weight excluding hydrogens is 226 g/mol. The molecule has 1 atom stereocenters. The SMILES string of the molecule is CC(CO)NCCCCc1nc2ccccc2[nH]1. The zero-order chi connectivity index (χ0) is 12.8. The summed E-state index contributed by atoms with van der Waals surface area (Å²) in [6.45, 7) is 3.13. The second-order valence-electron chi connectivity index (χ2n) is 4.70. The van der Waals surface area contributed by atoms with E-state index in [1.54, 1.807) is 0 Å². The number of aromatic amines is 1. The average molecular weight is 247 g/mol. The Kier molecular flexibility index (Phi) is 4.73. The molecule has 1 aromatic heterocycles. The third-order valence-corrected chi connectivity index (χ3v) is 3.05. The van der Waals surface area contributed by atoms with Crippen LogP contribution in [0.25, 0.3) is 11.0 Å². The number of imidazole rings is 1. The van der Waals surface area contributed by atoms with E-state index >= 15 is 0 Å². The lowest BCUT2D eigenvalue weighted by Gasteiger charge is -2.09. The van der Waals surface area contributed by atoms with E-state index in [2.05, 4.69) is 21.4 Å². The van der Waals surface area contributed by atoms with Gasteiger partial charge in [0, 0.05) is 12.5 Å². The highest BCUT2D eigenvalue weighted by atomic mass is 16.3. The van der Waals surface area contributed by atoms with Gasteiger partial charge in [-0.05, 0) is 38.4 Å². The van der Waals surface area contributed by atoms with Crippen molar-refractivity contribution >= 4 is 11.0 Å². The lowest BCUT2D eigenvalue weighted by atomic mass is 10.2. The molecule has 0 aliphatic rings. The number of nitrogens with one attached hydrogen (secondary N) is 2. The first-order valence-electron chi connectivity index (χ1n) is 6.57. The molecule has 18 heavy (non-hydrogen) atoms. The van der Waals surface area contributed by atoms with Crippen LogP contribution >= 0.6 is 0 Å². The number of aryl methyl sites for hydroxylation is 1. The van der Waals surface area contributed by atoms with Crippen LogP contribution in [0.4, 0.5) is 0 Å². The Hall–Kier alpha value is -1.39. The molecule has 0 radical (unpaired) electrons. The quantitative estimate of drug-likeness (QED) is 0.654. The van der Waals surface area contributed by atoms with Crippen molar-refractivity contribution in [1.82, 2.24) is 15.3 Å². The highest BCUT2D eigenvalue weighted by Gasteiger charge is 2.02. The van der Waals surface area contributed by atoms with E-state index in [4.69, 9.17) is 5.11 Å². The fourth-order valence-electron chi connectivity index (χ4n) is 1.95. The van der Waals surface area contributed by atoms with Crippen LogP contribution in [0.15, 0.2) is 24.3 Å². The predicted molar refractivity (Wildman–Crippen MR) is 73.6 cm³/mol. The predicted octanol–water partition coefficient (Wildman–Crippen LogP) is 1.86. The molecule has 3 N–H and O–H groups in total. The van der Waals surface area contributed by atoms with Gasteiger partial charge in [-0.3, -0.25) is 0 Å². The highest BCUT2D eigenvalue weighted by molar-refractivity contribution is 5.74. The van der Waals surface area contributed by atoms with Crippen LogP contribution in [-0.2, 0) is 6.42 Å². The molecule has 0 saturated heterocycles. The molecule has 1 unspecified atom stereocenters. The molecule has 4 heteroatoms. The molecular formula is C14H21N3O. The van der Waals surface area contributed by atoms with E-state index in [1.807, 2.05) is 25.1 Å². The smallest absolute Gasteiger partial charge is 0.107 e. The van der Waals surface area contributed by atoms with Gasteiger partial charge in [-0.25, -0.2) is 4.98 Å². The first-order chi connectivity index (χ1) is 8.79. The number of aromatic nitrogens is 2. The van der Waals surface area contributed by atoms with Gasteiger partial charge in [0.05, 0.1) is 17.6 Å². The third-order valence-electron chi connectivity index (χ3n) is 3.05. The minimum atomic E-state index is 0.191. The molecule has 0 bridgehead atoms. The van der Waals surface area contributed by atoms with E-state index in [0.717, 1.165) is 42.7 Å². The zero-order valence-corrected chi connectivity index (χ0v) is 10.8. The molecule has 2 aromatic rings. The van der Waals surface area contributed by atoms with Gasteiger partial charge in [0.2, 0.25) is 0 Å². The van der Waals surface area contributed by atoms with E-state index in [0.29, 0.717) is 0 Å². The van der Waals surface area contributed by atoms with Crippen molar-refractivity contribution in [2.75, 3.05) is 13.2 Å². The Balaban J connectivity index is 1.73. The average Bonchev–Trinajstić information content (AvgIpc) is 2.80. The number of benzene rings is 1. The summed E-state index contributed by atoms with van der Waals surface area (Å²) in [6, 6.07) is 8.30. The number of hydrogen-bond donors (Lipinski definition) is 3. The monoisotopic (exact) mass is 247 g/mol. The van der Waals surface area contributed by atoms with Gasteiger partial charge >= 0.3 is 0 Å². The normalized spacial score (nSPS) is 13.0. The summed E-state index contributed by atoms with van der Waals surface area (Å²) < 4.78 is 0. The van der Waals surface area contributed by atoms with Crippen molar-refractivity contribution in [1.29, 1.82) is 0 Å². The van der Waals surface area contributed by atoms with Gasteiger partial charge < -0.3 is 15.4 Å². The standard InChI is InChI=1S/C14H21N3O/c1-11(10-18)15-9-5-4-8-14-16-12-6-2-3-7-13(12)17-14/h2-3,6-7,11,15,18H,4-5,8-10H2,1H3,(H,16,17). The number of fused-ring (bicyclic) bond motifs is 1. The second kappa shape index (κ2) is 6.52. The Morgan fingerprint density at radius 2 is 2.17 bits per heavy atom. The van der Waals surface area contributed by atoms with Gasteiger partial charge in [-0.2, -0.15) is 0 Å². The Bertz CT molecular complexity index is 448. The summed E-state index contributed by atoms with van der Waals surface area (Å²) in [5.74, 6) is 1.06. The second-order valence-corrected chi connectivity index (χ2v) is 4.70. The number of nitrogens with zero attached hydrogens (tertiary/aromatic N) is 1. The summed E-state index contributed by atoms with van der Waals surface area (Å²) in [6.07, 6.45) is 3.18.